The fraction of sp³-hybridized carbons (Fsp3) is 0.393. The second kappa shape index (κ2) is 12.1. The smallest absolute Gasteiger partial charge is 0.410 e. The summed E-state index contributed by atoms with van der Waals surface area (Å²) >= 11 is 2.15. The van der Waals surface area contributed by atoms with Gasteiger partial charge in [-0.3, -0.25) is 9.69 Å². The average molecular weight is 645 g/mol. The van der Waals surface area contributed by atoms with Crippen LogP contribution in [-0.2, 0) is 9.47 Å². The molecule has 3 heterocycles. The SMILES string of the molecule is CCOC(=O)c1[nH]c(C2CCCCN2C(=O)OC(C)(C)C)nc1-c1ccc(C(=O)Nc2cc(I)ccn2)cc1. The summed E-state index contributed by atoms with van der Waals surface area (Å²) < 4.78 is 11.9. The molecule has 1 atom stereocenters. The van der Waals surface area contributed by atoms with Crippen LogP contribution in [0.4, 0.5) is 10.6 Å². The number of anilines is 1. The summed E-state index contributed by atoms with van der Waals surface area (Å²) in [4.78, 5) is 52.3. The highest BCUT2D eigenvalue weighted by molar-refractivity contribution is 14.1. The predicted octanol–water partition coefficient (Wildman–Crippen LogP) is 5.97. The fourth-order valence-electron chi connectivity index (χ4n) is 4.31. The number of imidazole rings is 1. The first kappa shape index (κ1) is 28.5. The summed E-state index contributed by atoms with van der Waals surface area (Å²) in [6.45, 7) is 7.95. The van der Waals surface area contributed by atoms with Gasteiger partial charge in [0, 0.05) is 27.4 Å². The molecule has 39 heavy (non-hydrogen) atoms. The number of aromatic amines is 1. The lowest BCUT2D eigenvalue weighted by Crippen LogP contribution is -2.42. The number of nitrogens with one attached hydrogen (secondary N) is 2. The van der Waals surface area contributed by atoms with E-state index in [0.717, 1.165) is 16.4 Å². The maximum atomic E-state index is 13.0. The van der Waals surface area contributed by atoms with E-state index in [1.807, 2.05) is 26.8 Å². The van der Waals surface area contributed by atoms with Crippen LogP contribution in [-0.4, -0.2) is 56.6 Å². The first-order valence-corrected chi connectivity index (χ1v) is 13.9. The number of carbonyl (C=O) groups excluding carboxylic acids is 3. The second-order valence-corrected chi connectivity index (χ2v) is 11.4. The predicted molar refractivity (Wildman–Crippen MR) is 154 cm³/mol. The summed E-state index contributed by atoms with van der Waals surface area (Å²) in [5, 5.41) is 2.78. The summed E-state index contributed by atoms with van der Waals surface area (Å²) in [7, 11) is 0. The fourth-order valence-corrected chi connectivity index (χ4v) is 4.76. The van der Waals surface area contributed by atoms with Crippen molar-refractivity contribution in [2.75, 3.05) is 18.5 Å². The molecule has 1 unspecified atom stereocenters. The van der Waals surface area contributed by atoms with E-state index in [1.54, 1.807) is 48.4 Å². The van der Waals surface area contributed by atoms with Crippen LogP contribution in [0.1, 0.15) is 79.7 Å². The van der Waals surface area contributed by atoms with Crippen LogP contribution in [0.3, 0.4) is 0 Å². The van der Waals surface area contributed by atoms with Crippen LogP contribution in [0.5, 0.6) is 0 Å². The molecule has 2 amide bonds. The average Bonchev–Trinajstić information content (AvgIpc) is 3.33. The monoisotopic (exact) mass is 645 g/mol. The molecule has 1 aliphatic rings. The van der Waals surface area contributed by atoms with E-state index >= 15 is 0 Å². The number of hydrogen-bond acceptors (Lipinski definition) is 7. The Balaban J connectivity index is 1.63. The van der Waals surface area contributed by atoms with E-state index in [0.29, 0.717) is 41.4 Å². The van der Waals surface area contributed by atoms with Gasteiger partial charge >= 0.3 is 12.1 Å². The maximum Gasteiger partial charge on any atom is 0.410 e. The zero-order valence-corrected chi connectivity index (χ0v) is 24.6. The lowest BCUT2D eigenvalue weighted by molar-refractivity contribution is 0.00853. The van der Waals surface area contributed by atoms with Gasteiger partial charge in [0.1, 0.15) is 22.9 Å². The van der Waals surface area contributed by atoms with E-state index in [2.05, 4.69) is 37.9 Å². The van der Waals surface area contributed by atoms with Gasteiger partial charge in [0.25, 0.3) is 5.91 Å². The van der Waals surface area contributed by atoms with Crippen LogP contribution in [0.2, 0.25) is 0 Å². The van der Waals surface area contributed by atoms with Crippen molar-refractivity contribution in [3.63, 3.8) is 0 Å². The van der Waals surface area contributed by atoms with Crippen molar-refractivity contribution in [2.45, 2.75) is 58.6 Å². The molecule has 10 nitrogen and oxygen atoms in total. The Labute approximate surface area is 241 Å². The van der Waals surface area contributed by atoms with Gasteiger partial charge in [-0.1, -0.05) is 12.1 Å². The molecule has 2 aromatic heterocycles. The zero-order chi connectivity index (χ0) is 28.2. The number of benzene rings is 1. The van der Waals surface area contributed by atoms with E-state index in [-0.39, 0.29) is 24.2 Å². The Morgan fingerprint density at radius 1 is 1.15 bits per heavy atom. The molecule has 0 radical (unpaired) electrons. The van der Waals surface area contributed by atoms with Crippen LogP contribution in [0.15, 0.2) is 42.6 Å². The third kappa shape index (κ3) is 7.14. The first-order valence-electron chi connectivity index (χ1n) is 12.9. The van der Waals surface area contributed by atoms with Crippen molar-refractivity contribution in [1.82, 2.24) is 19.9 Å². The molecule has 11 heteroatoms. The summed E-state index contributed by atoms with van der Waals surface area (Å²) in [6, 6.07) is 10.0. The molecule has 0 spiro atoms. The molecule has 1 fully saturated rings. The van der Waals surface area contributed by atoms with Gasteiger partial charge in [0.05, 0.1) is 12.6 Å². The lowest BCUT2D eigenvalue weighted by Gasteiger charge is -2.35. The van der Waals surface area contributed by atoms with E-state index in [4.69, 9.17) is 14.5 Å². The third-order valence-electron chi connectivity index (χ3n) is 6.03. The molecule has 3 aromatic rings. The van der Waals surface area contributed by atoms with Crippen molar-refractivity contribution >= 4 is 46.4 Å². The Kier molecular flexibility index (Phi) is 8.88. The molecule has 1 aromatic carbocycles. The number of H-pyrrole nitrogens is 1. The highest BCUT2D eigenvalue weighted by atomic mass is 127. The summed E-state index contributed by atoms with van der Waals surface area (Å²) in [6.07, 6.45) is 3.66. The van der Waals surface area contributed by atoms with Gasteiger partial charge in [0.2, 0.25) is 0 Å². The number of rotatable bonds is 6. The lowest BCUT2D eigenvalue weighted by atomic mass is 10.0. The normalized spacial score (nSPS) is 15.5. The molecule has 1 saturated heterocycles. The van der Waals surface area contributed by atoms with Crippen LogP contribution in [0, 0.1) is 3.57 Å². The number of amides is 2. The topological polar surface area (TPSA) is 127 Å². The molecular formula is C28H32IN5O5. The molecule has 0 bridgehead atoms. The zero-order valence-electron chi connectivity index (χ0n) is 22.4. The molecular weight excluding hydrogens is 613 g/mol. The van der Waals surface area contributed by atoms with Crippen LogP contribution < -0.4 is 5.32 Å². The van der Waals surface area contributed by atoms with E-state index in [1.165, 1.54) is 0 Å². The summed E-state index contributed by atoms with van der Waals surface area (Å²) in [5.41, 5.74) is 1.01. The van der Waals surface area contributed by atoms with Crippen molar-refractivity contribution in [1.29, 1.82) is 0 Å². The molecule has 206 valence electrons. The van der Waals surface area contributed by atoms with Crippen LogP contribution >= 0.6 is 22.6 Å². The number of esters is 1. The Hall–Kier alpha value is -3.48. The molecule has 2 N–H and O–H groups in total. The number of nitrogens with zero attached hydrogens (tertiary/aromatic N) is 3. The minimum atomic E-state index is -0.632. The number of pyridine rings is 1. The molecule has 1 aliphatic heterocycles. The highest BCUT2D eigenvalue weighted by Gasteiger charge is 2.34. The Bertz CT molecular complexity index is 1350. The van der Waals surface area contributed by atoms with E-state index < -0.39 is 17.7 Å². The van der Waals surface area contributed by atoms with Crippen LogP contribution in [0.25, 0.3) is 11.3 Å². The van der Waals surface area contributed by atoms with E-state index in [9.17, 15) is 14.4 Å². The van der Waals surface area contributed by atoms with Gasteiger partial charge < -0.3 is 19.8 Å². The molecule has 0 saturated carbocycles. The first-order chi connectivity index (χ1) is 18.6. The summed E-state index contributed by atoms with van der Waals surface area (Å²) in [5.74, 6) is 0.0989. The molecule has 0 aliphatic carbocycles. The van der Waals surface area contributed by atoms with Gasteiger partial charge in [0.15, 0.2) is 5.69 Å². The minimum absolute atomic E-state index is 0.196. The quantitative estimate of drug-likeness (QED) is 0.250. The second-order valence-electron chi connectivity index (χ2n) is 10.1. The number of halogens is 1. The minimum Gasteiger partial charge on any atom is -0.461 e. The Morgan fingerprint density at radius 2 is 1.90 bits per heavy atom. The van der Waals surface area contributed by atoms with Crippen molar-refractivity contribution in [2.24, 2.45) is 0 Å². The number of likely N-dealkylation sites (tertiary alicyclic amines) is 1. The van der Waals surface area contributed by atoms with Crippen molar-refractivity contribution in [3.05, 3.63) is 63.2 Å². The van der Waals surface area contributed by atoms with Gasteiger partial charge in [-0.25, -0.2) is 19.6 Å². The maximum absolute atomic E-state index is 13.0. The van der Waals surface area contributed by atoms with Crippen molar-refractivity contribution in [3.8, 4) is 11.3 Å². The number of hydrogen-bond donors (Lipinski definition) is 2. The Morgan fingerprint density at radius 3 is 2.56 bits per heavy atom. The molecule has 4 rings (SSSR count). The number of carbonyl (C=O) groups is 3. The largest absolute Gasteiger partial charge is 0.461 e. The highest BCUT2D eigenvalue weighted by Crippen LogP contribution is 2.33. The van der Waals surface area contributed by atoms with Gasteiger partial charge in [-0.2, -0.15) is 0 Å². The standard InChI is InChI=1S/C28H32IN5O5/c1-5-38-26(36)23-22(17-9-11-18(12-10-17)25(35)31-21-16-19(29)13-14-30-21)32-24(33-23)20-8-6-7-15-34(20)27(37)39-28(2,3)4/h9-14,16,20H,5-8,15H2,1-4H3,(H,32,33)(H,30,31,35). The number of ether oxygens (including phenoxy) is 2. The number of piperidine rings is 1. The third-order valence-corrected chi connectivity index (χ3v) is 6.70. The van der Waals surface area contributed by atoms with Crippen molar-refractivity contribution < 1.29 is 23.9 Å². The van der Waals surface area contributed by atoms with Gasteiger partial charge in [-0.15, -0.1) is 0 Å². The number of aromatic nitrogens is 3. The van der Waals surface area contributed by atoms with Gasteiger partial charge in [-0.05, 0) is 93.8 Å².